The lowest BCUT2D eigenvalue weighted by Crippen LogP contribution is -2.56. The van der Waals surface area contributed by atoms with Crippen molar-refractivity contribution >= 4 is 27.7 Å². The lowest BCUT2D eigenvalue weighted by Gasteiger charge is -2.28. The highest BCUT2D eigenvalue weighted by Gasteiger charge is 2.50. The fourth-order valence-electron chi connectivity index (χ4n) is 4.33. The van der Waals surface area contributed by atoms with Gasteiger partial charge in [-0.3, -0.25) is 10.2 Å². The number of ether oxygens (including phenoxy) is 3. The van der Waals surface area contributed by atoms with Gasteiger partial charge in [-0.25, -0.2) is 10.4 Å². The van der Waals surface area contributed by atoms with Crippen LogP contribution in [0, 0.1) is 0 Å². The Bertz CT molecular complexity index is 1270. The molecule has 4 rings (SSSR count). The van der Waals surface area contributed by atoms with E-state index < -0.39 is 11.6 Å². The van der Waals surface area contributed by atoms with Gasteiger partial charge in [-0.05, 0) is 66.9 Å². The number of aliphatic imine (C=N–C) groups is 1. The summed E-state index contributed by atoms with van der Waals surface area (Å²) >= 11 is 3.62. The summed E-state index contributed by atoms with van der Waals surface area (Å²) in [6.45, 7) is 2.94. The summed E-state index contributed by atoms with van der Waals surface area (Å²) in [5, 5.41) is 8.95. The van der Waals surface area contributed by atoms with E-state index in [9.17, 15) is 4.79 Å². The number of carbonyl (C=O) groups excluding carboxylic acids is 1. The summed E-state index contributed by atoms with van der Waals surface area (Å²) in [7, 11) is 1.64. The monoisotopic (exact) mass is 595 g/mol. The second kappa shape index (κ2) is 13.6. The molecule has 0 aliphatic carbocycles. The van der Waals surface area contributed by atoms with E-state index in [0.29, 0.717) is 37.6 Å². The predicted octanol–water partition coefficient (Wildman–Crippen LogP) is 4.23. The van der Waals surface area contributed by atoms with Gasteiger partial charge in [0.05, 0.1) is 13.7 Å². The molecule has 0 unspecified atom stereocenters. The summed E-state index contributed by atoms with van der Waals surface area (Å²) in [5.74, 6) is 1.64. The second-order valence-electron chi connectivity index (χ2n) is 9.30. The van der Waals surface area contributed by atoms with Gasteiger partial charge in [-0.1, -0.05) is 46.3 Å². The smallest absolute Gasteiger partial charge is 0.266 e. The highest BCUT2D eigenvalue weighted by Crippen LogP contribution is 2.34. The molecule has 1 aliphatic heterocycles. The number of methoxy groups -OCH3 is 1. The fourth-order valence-corrected chi connectivity index (χ4v) is 4.75. The zero-order valence-electron chi connectivity index (χ0n) is 22.2. The molecule has 1 heterocycles. The average molecular weight is 597 g/mol. The molecule has 2 atom stereocenters. The van der Waals surface area contributed by atoms with Crippen molar-refractivity contribution in [3.05, 3.63) is 94.0 Å². The molecule has 1 amide bonds. The van der Waals surface area contributed by atoms with Crippen LogP contribution in [-0.4, -0.2) is 55.4 Å². The molecule has 39 heavy (non-hydrogen) atoms. The minimum Gasteiger partial charge on any atom is -0.497 e. The quantitative estimate of drug-likeness (QED) is 0.202. The van der Waals surface area contributed by atoms with Gasteiger partial charge in [0.25, 0.3) is 5.91 Å². The van der Waals surface area contributed by atoms with Crippen molar-refractivity contribution in [1.82, 2.24) is 10.9 Å². The number of hydrogen-bond donors (Lipinski definition) is 3. The highest BCUT2D eigenvalue weighted by atomic mass is 79.9. The normalized spacial score (nSPS) is 18.3. The van der Waals surface area contributed by atoms with E-state index in [2.05, 4.69) is 26.8 Å². The van der Waals surface area contributed by atoms with Gasteiger partial charge in [0.15, 0.2) is 5.54 Å². The molecule has 1 aliphatic rings. The molecule has 0 aromatic heterocycles. The van der Waals surface area contributed by atoms with Crippen molar-refractivity contribution in [3.63, 3.8) is 0 Å². The number of amides is 1. The van der Waals surface area contributed by atoms with Crippen molar-refractivity contribution in [3.8, 4) is 11.5 Å². The first kappa shape index (κ1) is 28.6. The molecule has 3 aromatic rings. The number of benzene rings is 3. The van der Waals surface area contributed by atoms with Crippen LogP contribution in [0.2, 0.25) is 0 Å². The van der Waals surface area contributed by atoms with Crippen molar-refractivity contribution in [2.75, 3.05) is 26.9 Å². The van der Waals surface area contributed by atoms with Crippen LogP contribution in [0.5, 0.6) is 11.5 Å². The third kappa shape index (κ3) is 7.17. The maximum atomic E-state index is 13.7. The minimum atomic E-state index is -1.18. The van der Waals surface area contributed by atoms with E-state index in [1.807, 2.05) is 79.7 Å². The number of halogens is 1. The van der Waals surface area contributed by atoms with Crippen LogP contribution in [0.25, 0.3) is 0 Å². The van der Waals surface area contributed by atoms with E-state index >= 15 is 0 Å². The van der Waals surface area contributed by atoms with Gasteiger partial charge in [-0.15, -0.1) is 0 Å². The van der Waals surface area contributed by atoms with E-state index in [1.54, 1.807) is 7.11 Å². The van der Waals surface area contributed by atoms with Gasteiger partial charge in [0, 0.05) is 36.0 Å². The van der Waals surface area contributed by atoms with Crippen LogP contribution < -0.4 is 20.3 Å². The molecular weight excluding hydrogens is 562 g/mol. The van der Waals surface area contributed by atoms with Gasteiger partial charge >= 0.3 is 0 Å². The summed E-state index contributed by atoms with van der Waals surface area (Å²) in [5.41, 5.74) is 7.61. The number of aliphatic hydroxyl groups excluding tert-OH is 1. The highest BCUT2D eigenvalue weighted by molar-refractivity contribution is 9.10. The number of hydrazine groups is 1. The SMILES string of the molecule is COc1ccc(CCNNC(=O)[C@@]2(Cc3ccccc3Br)N=C(c3ccc(OCCCO)cc3)O[C@H]2C)cc1. The van der Waals surface area contributed by atoms with Gasteiger partial charge in [0.2, 0.25) is 5.90 Å². The molecular formula is C30H34BrN3O5. The molecule has 206 valence electrons. The zero-order valence-corrected chi connectivity index (χ0v) is 23.7. The number of hydrogen-bond acceptors (Lipinski definition) is 7. The number of carbonyl (C=O) groups is 1. The summed E-state index contributed by atoms with van der Waals surface area (Å²) in [6.07, 6.45) is 1.14. The number of aliphatic hydroxyl groups is 1. The Morgan fingerprint density at radius 1 is 1.08 bits per heavy atom. The van der Waals surface area contributed by atoms with Crippen molar-refractivity contribution in [1.29, 1.82) is 0 Å². The fraction of sp³-hybridized carbons (Fsp3) is 0.333. The van der Waals surface area contributed by atoms with Gasteiger partial charge in [-0.2, -0.15) is 0 Å². The Hall–Kier alpha value is -3.40. The maximum absolute atomic E-state index is 13.7. The Kier molecular flexibility index (Phi) is 9.97. The number of nitrogens with one attached hydrogen (secondary N) is 2. The number of rotatable bonds is 13. The van der Waals surface area contributed by atoms with Gasteiger partial charge in [0.1, 0.15) is 17.6 Å². The molecule has 0 radical (unpaired) electrons. The maximum Gasteiger partial charge on any atom is 0.266 e. The Labute approximate surface area is 237 Å². The largest absolute Gasteiger partial charge is 0.497 e. The standard InChI is InChI=1S/C30H34BrN3O5/c1-21-30(20-24-6-3-4-7-27(24)31,29(36)34-32-17-16-22-8-12-25(37-2)13-9-22)33-28(39-21)23-10-14-26(15-11-23)38-19-5-18-35/h3-4,6-15,21,32,35H,5,16-20H2,1-2H3,(H,34,36)/t21-,30-/m0/s1. The van der Waals surface area contributed by atoms with Crippen molar-refractivity contribution in [2.24, 2.45) is 4.99 Å². The first-order chi connectivity index (χ1) is 18.9. The zero-order chi connectivity index (χ0) is 27.7. The van der Waals surface area contributed by atoms with Gasteiger partial charge < -0.3 is 19.3 Å². The number of nitrogens with zero attached hydrogens (tertiary/aromatic N) is 1. The first-order valence-electron chi connectivity index (χ1n) is 13.0. The van der Waals surface area contributed by atoms with Crippen molar-refractivity contribution in [2.45, 2.75) is 37.8 Å². The molecule has 8 nitrogen and oxygen atoms in total. The van der Waals surface area contributed by atoms with E-state index in [4.69, 9.17) is 24.3 Å². The van der Waals surface area contributed by atoms with Crippen LogP contribution in [0.3, 0.4) is 0 Å². The van der Waals surface area contributed by atoms with Crippen molar-refractivity contribution < 1.29 is 24.1 Å². The topological polar surface area (TPSA) is 101 Å². The van der Waals surface area contributed by atoms with E-state index in [-0.39, 0.29) is 12.5 Å². The van der Waals surface area contributed by atoms with E-state index in [1.165, 1.54) is 0 Å². The summed E-state index contributed by atoms with van der Waals surface area (Å²) in [6, 6.07) is 23.0. The molecule has 3 aromatic carbocycles. The molecule has 0 saturated heterocycles. The second-order valence-corrected chi connectivity index (χ2v) is 10.2. The summed E-state index contributed by atoms with van der Waals surface area (Å²) < 4.78 is 17.9. The molecule has 0 bridgehead atoms. The Balaban J connectivity index is 1.50. The summed E-state index contributed by atoms with van der Waals surface area (Å²) in [4.78, 5) is 18.6. The molecule has 3 N–H and O–H groups in total. The van der Waals surface area contributed by atoms with Crippen LogP contribution in [0.4, 0.5) is 0 Å². The van der Waals surface area contributed by atoms with Crippen LogP contribution >= 0.6 is 15.9 Å². The Morgan fingerprint density at radius 3 is 2.49 bits per heavy atom. The predicted molar refractivity (Wildman–Crippen MR) is 154 cm³/mol. The Morgan fingerprint density at radius 2 is 1.79 bits per heavy atom. The molecule has 0 saturated carbocycles. The minimum absolute atomic E-state index is 0.0820. The lowest BCUT2D eigenvalue weighted by molar-refractivity contribution is -0.129. The average Bonchev–Trinajstić information content (AvgIpc) is 3.29. The molecule has 9 heteroatoms. The molecule has 0 fully saturated rings. The van der Waals surface area contributed by atoms with E-state index in [0.717, 1.165) is 33.3 Å². The van der Waals surface area contributed by atoms with Crippen LogP contribution in [0.1, 0.15) is 30.0 Å². The lowest BCUT2D eigenvalue weighted by atomic mass is 9.86. The van der Waals surface area contributed by atoms with Crippen LogP contribution in [0.15, 0.2) is 82.3 Å². The van der Waals surface area contributed by atoms with Crippen LogP contribution in [-0.2, 0) is 22.4 Å². The molecule has 0 spiro atoms. The third-order valence-electron chi connectivity index (χ3n) is 6.65. The third-order valence-corrected chi connectivity index (χ3v) is 7.42. The first-order valence-corrected chi connectivity index (χ1v) is 13.7.